The Morgan fingerprint density at radius 1 is 1.27 bits per heavy atom. The number of likely N-dealkylation sites (tertiary alicyclic amines) is 1. The molecule has 1 unspecified atom stereocenters. The van der Waals surface area contributed by atoms with Crippen molar-refractivity contribution in [2.75, 3.05) is 19.7 Å². The quantitative estimate of drug-likeness (QED) is 0.919. The van der Waals surface area contributed by atoms with E-state index in [1.165, 1.54) is 12.8 Å². The van der Waals surface area contributed by atoms with Gasteiger partial charge in [-0.25, -0.2) is 0 Å². The van der Waals surface area contributed by atoms with E-state index in [1.54, 1.807) is 0 Å². The van der Waals surface area contributed by atoms with Gasteiger partial charge in [0.25, 0.3) is 0 Å². The van der Waals surface area contributed by atoms with Gasteiger partial charge in [0, 0.05) is 25.4 Å². The molecule has 122 valence electrons. The van der Waals surface area contributed by atoms with E-state index in [4.69, 9.17) is 9.26 Å². The van der Waals surface area contributed by atoms with Crippen molar-refractivity contribution in [3.8, 4) is 0 Å². The van der Waals surface area contributed by atoms with Crippen LogP contribution in [0.2, 0.25) is 0 Å². The molecule has 1 aromatic rings. The number of hydrogen-bond acceptors (Lipinski definition) is 6. The SMILES string of the molecule is CC1(O)CCOC2(CCN(Cc3nc(C4CC4)no3)CC2)C1. The number of aliphatic hydroxyl groups is 1. The van der Waals surface area contributed by atoms with E-state index in [1.807, 2.05) is 6.92 Å². The van der Waals surface area contributed by atoms with Crippen LogP contribution in [0.5, 0.6) is 0 Å². The fraction of sp³-hybridized carbons (Fsp3) is 0.875. The molecule has 2 aliphatic heterocycles. The number of aromatic nitrogens is 2. The minimum absolute atomic E-state index is 0.133. The van der Waals surface area contributed by atoms with Crippen molar-refractivity contribution < 1.29 is 14.4 Å². The molecule has 0 amide bonds. The van der Waals surface area contributed by atoms with E-state index in [9.17, 15) is 5.11 Å². The molecule has 6 nitrogen and oxygen atoms in total. The van der Waals surface area contributed by atoms with Crippen LogP contribution in [0.15, 0.2) is 4.52 Å². The van der Waals surface area contributed by atoms with E-state index in [0.717, 1.165) is 57.0 Å². The molecule has 1 aliphatic carbocycles. The summed E-state index contributed by atoms with van der Waals surface area (Å²) in [6, 6.07) is 0. The van der Waals surface area contributed by atoms with Gasteiger partial charge in [0.05, 0.1) is 24.4 Å². The molecule has 22 heavy (non-hydrogen) atoms. The van der Waals surface area contributed by atoms with E-state index in [-0.39, 0.29) is 5.60 Å². The average molecular weight is 307 g/mol. The summed E-state index contributed by atoms with van der Waals surface area (Å²) < 4.78 is 11.4. The lowest BCUT2D eigenvalue weighted by atomic mass is 9.78. The van der Waals surface area contributed by atoms with Crippen LogP contribution in [0, 0.1) is 0 Å². The van der Waals surface area contributed by atoms with Crippen LogP contribution < -0.4 is 0 Å². The second kappa shape index (κ2) is 5.28. The third-order valence-corrected chi connectivity index (χ3v) is 5.30. The van der Waals surface area contributed by atoms with Gasteiger partial charge < -0.3 is 14.4 Å². The molecular weight excluding hydrogens is 282 g/mol. The first kappa shape index (κ1) is 14.6. The second-order valence-corrected chi connectivity index (χ2v) is 7.55. The molecule has 2 saturated heterocycles. The molecule has 1 aromatic heterocycles. The smallest absolute Gasteiger partial charge is 0.240 e. The summed E-state index contributed by atoms with van der Waals surface area (Å²) in [5.74, 6) is 2.16. The van der Waals surface area contributed by atoms with Crippen LogP contribution >= 0.6 is 0 Å². The van der Waals surface area contributed by atoms with E-state index < -0.39 is 5.60 Å². The maximum atomic E-state index is 10.3. The highest BCUT2D eigenvalue weighted by Gasteiger charge is 2.44. The summed E-state index contributed by atoms with van der Waals surface area (Å²) in [4.78, 5) is 6.85. The molecule has 0 aromatic carbocycles. The van der Waals surface area contributed by atoms with Crippen LogP contribution in [0.4, 0.5) is 0 Å². The van der Waals surface area contributed by atoms with Crippen LogP contribution in [0.3, 0.4) is 0 Å². The monoisotopic (exact) mass is 307 g/mol. The Morgan fingerprint density at radius 2 is 2.05 bits per heavy atom. The molecule has 1 spiro atoms. The van der Waals surface area contributed by atoms with Crippen LogP contribution in [0.25, 0.3) is 0 Å². The number of rotatable bonds is 3. The van der Waals surface area contributed by atoms with Gasteiger partial charge in [0.2, 0.25) is 5.89 Å². The van der Waals surface area contributed by atoms with Crippen molar-refractivity contribution in [2.24, 2.45) is 0 Å². The fourth-order valence-electron chi connectivity index (χ4n) is 3.79. The predicted octanol–water partition coefficient (Wildman–Crippen LogP) is 1.84. The first-order valence-electron chi connectivity index (χ1n) is 8.45. The molecule has 0 radical (unpaired) electrons. The van der Waals surface area contributed by atoms with E-state index >= 15 is 0 Å². The zero-order valence-electron chi connectivity index (χ0n) is 13.3. The maximum Gasteiger partial charge on any atom is 0.240 e. The first-order chi connectivity index (χ1) is 10.5. The molecule has 1 saturated carbocycles. The molecule has 3 aliphatic rings. The largest absolute Gasteiger partial charge is 0.390 e. The van der Waals surface area contributed by atoms with E-state index in [2.05, 4.69) is 15.0 Å². The van der Waals surface area contributed by atoms with E-state index in [0.29, 0.717) is 12.5 Å². The zero-order valence-corrected chi connectivity index (χ0v) is 13.3. The van der Waals surface area contributed by atoms with Crippen molar-refractivity contribution in [2.45, 2.75) is 69.1 Å². The van der Waals surface area contributed by atoms with Gasteiger partial charge in [-0.15, -0.1) is 0 Å². The summed E-state index contributed by atoms with van der Waals surface area (Å²) in [6.07, 6.45) is 5.81. The third-order valence-electron chi connectivity index (χ3n) is 5.30. The van der Waals surface area contributed by atoms with Crippen LogP contribution in [0.1, 0.15) is 63.1 Å². The maximum absolute atomic E-state index is 10.3. The average Bonchev–Trinajstić information content (AvgIpc) is 3.21. The Hall–Kier alpha value is -0.980. The minimum Gasteiger partial charge on any atom is -0.390 e. The Kier molecular flexibility index (Phi) is 3.51. The molecule has 4 rings (SSSR count). The fourth-order valence-corrected chi connectivity index (χ4v) is 3.79. The van der Waals surface area contributed by atoms with Gasteiger partial charge in [-0.05, 0) is 39.0 Å². The lowest BCUT2D eigenvalue weighted by molar-refractivity contribution is -0.173. The molecule has 6 heteroatoms. The summed E-state index contributed by atoms with van der Waals surface area (Å²) >= 11 is 0. The number of ether oxygens (including phenoxy) is 1. The minimum atomic E-state index is -0.577. The Bertz CT molecular complexity index is 530. The summed E-state index contributed by atoms with van der Waals surface area (Å²) in [5, 5.41) is 14.4. The highest BCUT2D eigenvalue weighted by atomic mass is 16.5. The van der Waals surface area contributed by atoms with Crippen molar-refractivity contribution >= 4 is 0 Å². The summed E-state index contributed by atoms with van der Waals surface area (Å²) in [5.41, 5.74) is -0.710. The highest BCUT2D eigenvalue weighted by molar-refractivity contribution is 5.03. The highest BCUT2D eigenvalue weighted by Crippen LogP contribution is 2.40. The Balaban J connectivity index is 1.33. The molecule has 3 heterocycles. The normalized spacial score (nSPS) is 32.5. The lowest BCUT2D eigenvalue weighted by Crippen LogP contribution is -2.53. The molecule has 1 atom stereocenters. The number of hydrogen-bond donors (Lipinski definition) is 1. The standard InChI is InChI=1S/C16H25N3O3/c1-15(20)6-9-21-16(11-15)4-7-19(8-5-16)10-13-17-14(18-22-13)12-2-3-12/h12,20H,2-11H2,1H3. The van der Waals surface area contributed by atoms with Gasteiger partial charge in [-0.3, -0.25) is 4.90 Å². The zero-order chi connectivity index (χ0) is 15.2. The Morgan fingerprint density at radius 3 is 2.73 bits per heavy atom. The van der Waals surface area contributed by atoms with Crippen molar-refractivity contribution in [3.63, 3.8) is 0 Å². The van der Waals surface area contributed by atoms with Crippen LogP contribution in [-0.4, -0.2) is 51.0 Å². The lowest BCUT2D eigenvalue weighted by Gasteiger charge is -2.48. The number of piperidine rings is 1. The first-order valence-corrected chi connectivity index (χ1v) is 8.45. The molecule has 0 bridgehead atoms. The van der Waals surface area contributed by atoms with Crippen molar-refractivity contribution in [1.82, 2.24) is 15.0 Å². The van der Waals surface area contributed by atoms with Gasteiger partial charge in [0.1, 0.15) is 0 Å². The van der Waals surface area contributed by atoms with Gasteiger partial charge in [0.15, 0.2) is 5.82 Å². The van der Waals surface area contributed by atoms with Crippen LogP contribution in [-0.2, 0) is 11.3 Å². The molecular formula is C16H25N3O3. The predicted molar refractivity (Wildman–Crippen MR) is 79.3 cm³/mol. The molecule has 3 fully saturated rings. The topological polar surface area (TPSA) is 71.6 Å². The number of nitrogens with zero attached hydrogens (tertiary/aromatic N) is 3. The summed E-state index contributed by atoms with van der Waals surface area (Å²) in [7, 11) is 0. The molecule has 1 N–H and O–H groups in total. The summed E-state index contributed by atoms with van der Waals surface area (Å²) in [6.45, 7) is 5.24. The Labute approximate surface area is 130 Å². The third kappa shape index (κ3) is 3.05. The van der Waals surface area contributed by atoms with Crippen molar-refractivity contribution in [3.05, 3.63) is 11.7 Å². The van der Waals surface area contributed by atoms with Gasteiger partial charge in [-0.1, -0.05) is 5.16 Å². The van der Waals surface area contributed by atoms with Gasteiger partial charge in [-0.2, -0.15) is 4.98 Å². The second-order valence-electron chi connectivity index (χ2n) is 7.55. The van der Waals surface area contributed by atoms with Crippen molar-refractivity contribution in [1.29, 1.82) is 0 Å². The van der Waals surface area contributed by atoms with Gasteiger partial charge >= 0.3 is 0 Å².